The van der Waals surface area contributed by atoms with Gasteiger partial charge in [-0.25, -0.2) is 4.39 Å². The lowest BCUT2D eigenvalue weighted by Gasteiger charge is -2.31. The summed E-state index contributed by atoms with van der Waals surface area (Å²) in [5, 5.41) is 2.61. The molecule has 6 nitrogen and oxygen atoms in total. The molecule has 0 saturated carbocycles. The second-order valence-electron chi connectivity index (χ2n) is 6.44. The summed E-state index contributed by atoms with van der Waals surface area (Å²) < 4.78 is 13.0. The summed E-state index contributed by atoms with van der Waals surface area (Å²) in [5.41, 5.74) is 0.723. The number of rotatable bonds is 9. The molecule has 1 aromatic rings. The molecule has 1 aliphatic rings. The van der Waals surface area contributed by atoms with E-state index in [4.69, 9.17) is 12.2 Å². The molecule has 27 heavy (non-hydrogen) atoms. The summed E-state index contributed by atoms with van der Waals surface area (Å²) in [6.45, 7) is 8.18. The molecule has 1 heterocycles. The Morgan fingerprint density at radius 2 is 1.93 bits per heavy atom. The molecule has 0 aromatic heterocycles. The minimum absolute atomic E-state index is 0.0594. The molecule has 2 amide bonds. The van der Waals surface area contributed by atoms with E-state index in [0.717, 1.165) is 31.6 Å². The van der Waals surface area contributed by atoms with Gasteiger partial charge in [0.1, 0.15) is 5.82 Å². The molecule has 0 spiro atoms. The second kappa shape index (κ2) is 10.2. The van der Waals surface area contributed by atoms with E-state index >= 15 is 0 Å². The summed E-state index contributed by atoms with van der Waals surface area (Å²) in [6.07, 6.45) is 2.31. The number of halogens is 1. The van der Waals surface area contributed by atoms with E-state index in [9.17, 15) is 14.0 Å². The minimum atomic E-state index is -0.988. The molecule has 1 fully saturated rings. The first-order valence-corrected chi connectivity index (χ1v) is 9.61. The SMILES string of the molecule is CC[NH+](CC)CCCN=CC1C(=O)NC(=S)N(Cc2ccc(F)cc2)C1=O. The Morgan fingerprint density at radius 1 is 1.26 bits per heavy atom. The van der Waals surface area contributed by atoms with Crippen LogP contribution in [0.3, 0.4) is 0 Å². The van der Waals surface area contributed by atoms with Crippen molar-refractivity contribution in [3.63, 3.8) is 0 Å². The zero-order chi connectivity index (χ0) is 19.8. The zero-order valence-corrected chi connectivity index (χ0v) is 16.5. The maximum Gasteiger partial charge on any atom is 0.247 e. The maximum absolute atomic E-state index is 13.0. The van der Waals surface area contributed by atoms with E-state index in [-0.39, 0.29) is 17.5 Å². The molecule has 8 heteroatoms. The number of hydrogen-bond acceptors (Lipinski definition) is 4. The van der Waals surface area contributed by atoms with Crippen molar-refractivity contribution in [1.82, 2.24) is 10.2 Å². The largest absolute Gasteiger partial charge is 0.335 e. The first-order chi connectivity index (χ1) is 13.0. The van der Waals surface area contributed by atoms with Crippen LogP contribution in [0.5, 0.6) is 0 Å². The number of quaternary nitrogens is 1. The van der Waals surface area contributed by atoms with Crippen molar-refractivity contribution >= 4 is 35.4 Å². The van der Waals surface area contributed by atoms with Gasteiger partial charge in [-0.05, 0) is 43.8 Å². The van der Waals surface area contributed by atoms with Gasteiger partial charge in [0, 0.05) is 19.2 Å². The number of carbonyl (C=O) groups is 2. The third-order valence-electron chi connectivity index (χ3n) is 4.62. The fraction of sp³-hybridized carbons (Fsp3) is 0.474. The average Bonchev–Trinajstić information content (AvgIpc) is 2.65. The van der Waals surface area contributed by atoms with Gasteiger partial charge in [-0.15, -0.1) is 0 Å². The normalized spacial score (nSPS) is 17.9. The Hall–Kier alpha value is -2.19. The van der Waals surface area contributed by atoms with Crippen LogP contribution in [-0.2, 0) is 16.1 Å². The van der Waals surface area contributed by atoms with Gasteiger partial charge in [-0.1, -0.05) is 12.1 Å². The van der Waals surface area contributed by atoms with Crippen molar-refractivity contribution in [3.8, 4) is 0 Å². The van der Waals surface area contributed by atoms with Crippen LogP contribution >= 0.6 is 12.2 Å². The van der Waals surface area contributed by atoms with Crippen molar-refractivity contribution in [2.24, 2.45) is 10.9 Å². The van der Waals surface area contributed by atoms with Gasteiger partial charge in [-0.3, -0.25) is 19.5 Å². The molecule has 0 radical (unpaired) electrons. The molecule has 1 unspecified atom stereocenters. The van der Waals surface area contributed by atoms with Crippen LogP contribution in [0, 0.1) is 11.7 Å². The molecule has 2 rings (SSSR count). The molecular weight excluding hydrogens is 367 g/mol. The summed E-state index contributed by atoms with van der Waals surface area (Å²) in [7, 11) is 0. The minimum Gasteiger partial charge on any atom is -0.335 e. The quantitative estimate of drug-likeness (QED) is 0.279. The Morgan fingerprint density at radius 3 is 2.56 bits per heavy atom. The fourth-order valence-electron chi connectivity index (χ4n) is 2.89. The molecule has 2 N–H and O–H groups in total. The highest BCUT2D eigenvalue weighted by atomic mass is 32.1. The van der Waals surface area contributed by atoms with E-state index in [1.165, 1.54) is 28.1 Å². The summed E-state index contributed by atoms with van der Waals surface area (Å²) in [4.78, 5) is 31.9. The number of amides is 2. The Labute approximate surface area is 164 Å². The van der Waals surface area contributed by atoms with Gasteiger partial charge < -0.3 is 10.2 Å². The Bertz CT molecular complexity index is 704. The van der Waals surface area contributed by atoms with Crippen molar-refractivity contribution in [2.75, 3.05) is 26.2 Å². The van der Waals surface area contributed by atoms with Crippen LogP contribution in [0.15, 0.2) is 29.3 Å². The molecule has 0 aliphatic carbocycles. The van der Waals surface area contributed by atoms with Crippen LogP contribution in [0.4, 0.5) is 4.39 Å². The third-order valence-corrected chi connectivity index (χ3v) is 4.94. The zero-order valence-electron chi connectivity index (χ0n) is 15.7. The molecule has 146 valence electrons. The monoisotopic (exact) mass is 393 g/mol. The standard InChI is InChI=1S/C19H25FN4O2S/c1-3-23(4-2)11-5-10-21-12-16-17(25)22-19(27)24(18(16)26)13-14-6-8-15(20)9-7-14/h6-9,12,16H,3-5,10-11,13H2,1-2H3,(H,22,25,27)/p+1. The number of thiocarbonyl (C=S) groups is 1. The summed E-state index contributed by atoms with van der Waals surface area (Å²) in [6, 6.07) is 5.81. The third kappa shape index (κ3) is 5.90. The first kappa shape index (κ1) is 21.1. The summed E-state index contributed by atoms with van der Waals surface area (Å²) in [5.74, 6) is -2.21. The van der Waals surface area contributed by atoms with Crippen LogP contribution in [0.25, 0.3) is 0 Å². The maximum atomic E-state index is 13.0. The average molecular weight is 394 g/mol. The van der Waals surface area contributed by atoms with E-state index in [0.29, 0.717) is 6.54 Å². The van der Waals surface area contributed by atoms with E-state index in [1.54, 1.807) is 12.1 Å². The highest BCUT2D eigenvalue weighted by molar-refractivity contribution is 7.80. The topological polar surface area (TPSA) is 66.2 Å². The summed E-state index contributed by atoms with van der Waals surface area (Å²) >= 11 is 5.12. The fourth-order valence-corrected chi connectivity index (χ4v) is 3.14. The van der Waals surface area contributed by atoms with Gasteiger partial charge in [0.2, 0.25) is 11.8 Å². The van der Waals surface area contributed by atoms with E-state index < -0.39 is 17.7 Å². The molecule has 1 atom stereocenters. The number of nitrogens with one attached hydrogen (secondary N) is 2. The second-order valence-corrected chi connectivity index (χ2v) is 6.83. The lowest BCUT2D eigenvalue weighted by Crippen LogP contribution is -3.11. The Kier molecular flexibility index (Phi) is 7.99. The predicted octanol–water partition coefficient (Wildman–Crippen LogP) is 0.571. The molecule has 0 bridgehead atoms. The first-order valence-electron chi connectivity index (χ1n) is 9.20. The van der Waals surface area contributed by atoms with Crippen LogP contribution < -0.4 is 10.2 Å². The van der Waals surface area contributed by atoms with Gasteiger partial charge >= 0.3 is 0 Å². The van der Waals surface area contributed by atoms with Crippen molar-refractivity contribution < 1.29 is 18.9 Å². The van der Waals surface area contributed by atoms with Crippen molar-refractivity contribution in [2.45, 2.75) is 26.8 Å². The number of benzene rings is 1. The highest BCUT2D eigenvalue weighted by Gasteiger charge is 2.37. The number of carbonyl (C=O) groups excluding carboxylic acids is 2. The lowest BCUT2D eigenvalue weighted by atomic mass is 10.1. The smallest absolute Gasteiger partial charge is 0.247 e. The van der Waals surface area contributed by atoms with Gasteiger partial charge in [0.15, 0.2) is 11.0 Å². The van der Waals surface area contributed by atoms with Crippen molar-refractivity contribution in [3.05, 3.63) is 35.6 Å². The molecule has 1 saturated heterocycles. The van der Waals surface area contributed by atoms with Crippen molar-refractivity contribution in [1.29, 1.82) is 0 Å². The van der Waals surface area contributed by atoms with Gasteiger partial charge in [0.05, 0.1) is 26.2 Å². The van der Waals surface area contributed by atoms with E-state index in [2.05, 4.69) is 24.2 Å². The molecular formula is C19H26FN4O2S+. The van der Waals surface area contributed by atoms with Crippen LogP contribution in [0.2, 0.25) is 0 Å². The number of aliphatic imine (C=N–C) groups is 1. The van der Waals surface area contributed by atoms with Gasteiger partial charge in [0.25, 0.3) is 0 Å². The van der Waals surface area contributed by atoms with Crippen LogP contribution in [0.1, 0.15) is 25.8 Å². The lowest BCUT2D eigenvalue weighted by molar-refractivity contribution is -0.896. The van der Waals surface area contributed by atoms with E-state index in [1.807, 2.05) is 0 Å². The molecule has 1 aliphatic heterocycles. The molecule has 1 aromatic carbocycles. The predicted molar refractivity (Wildman–Crippen MR) is 106 cm³/mol. The number of hydrogen-bond donors (Lipinski definition) is 2. The van der Waals surface area contributed by atoms with Gasteiger partial charge in [-0.2, -0.15) is 0 Å². The highest BCUT2D eigenvalue weighted by Crippen LogP contribution is 2.14. The number of nitrogens with zero attached hydrogens (tertiary/aromatic N) is 2. The van der Waals surface area contributed by atoms with Crippen LogP contribution in [-0.4, -0.2) is 54.2 Å². The Balaban J connectivity index is 1.96.